The minimum absolute atomic E-state index is 0.0513. The van der Waals surface area contributed by atoms with E-state index in [1.807, 2.05) is 0 Å². The lowest BCUT2D eigenvalue weighted by atomic mass is 10.1. The van der Waals surface area contributed by atoms with Gasteiger partial charge in [0.05, 0.1) is 0 Å². The molecular weight excluding hydrogens is 142 g/mol. The first-order valence-electron chi connectivity index (χ1n) is 3.65. The fraction of sp³-hybridized carbons (Fsp3) is 0.625. The molecule has 0 saturated carbocycles. The minimum Gasteiger partial charge on any atom is -0.759 e. The maximum atomic E-state index is 10.8. The maximum Gasteiger partial charge on any atom is 0.134 e. The number of carbonyl (C=O) groups is 1. The average molecular weight is 156 g/mol. The lowest BCUT2D eigenvalue weighted by molar-refractivity contribution is -0.120. The lowest BCUT2D eigenvalue weighted by Crippen LogP contribution is -2.22. The summed E-state index contributed by atoms with van der Waals surface area (Å²) in [7, 11) is 0. The highest BCUT2D eigenvalue weighted by Crippen LogP contribution is 1.99. The number of Topliss-reactive ketones (excluding diaryl/α,β-unsaturated/α-hetero) is 1. The molecule has 0 aliphatic carbocycles. The molecule has 0 heterocycles. The van der Waals surface area contributed by atoms with Crippen LogP contribution >= 0.6 is 0 Å². The van der Waals surface area contributed by atoms with Crippen molar-refractivity contribution >= 4 is 5.78 Å². The normalized spacial score (nSPS) is 13.5. The SMILES string of the molecule is C/C=C\N([O-])CC(C)C(C)=O. The smallest absolute Gasteiger partial charge is 0.134 e. The molecule has 0 fully saturated rings. The quantitative estimate of drug-likeness (QED) is 0.580. The summed E-state index contributed by atoms with van der Waals surface area (Å²) >= 11 is 0. The molecule has 0 aromatic rings. The summed E-state index contributed by atoms with van der Waals surface area (Å²) in [4.78, 5) is 10.7. The Balaban J connectivity index is 3.74. The van der Waals surface area contributed by atoms with Gasteiger partial charge < -0.3 is 10.3 Å². The zero-order chi connectivity index (χ0) is 8.85. The molecule has 3 nitrogen and oxygen atoms in total. The van der Waals surface area contributed by atoms with E-state index in [0.717, 1.165) is 5.06 Å². The summed E-state index contributed by atoms with van der Waals surface area (Å²) in [5.41, 5.74) is 0. The summed E-state index contributed by atoms with van der Waals surface area (Å²) in [6, 6.07) is 0. The Morgan fingerprint density at radius 1 is 1.73 bits per heavy atom. The molecule has 1 atom stereocenters. The van der Waals surface area contributed by atoms with Crippen molar-refractivity contribution in [3.05, 3.63) is 17.5 Å². The van der Waals surface area contributed by atoms with Crippen LogP contribution in [0.1, 0.15) is 20.8 Å². The Morgan fingerprint density at radius 3 is 2.64 bits per heavy atom. The van der Waals surface area contributed by atoms with Crippen LogP contribution in [0.5, 0.6) is 0 Å². The number of ketones is 1. The van der Waals surface area contributed by atoms with Crippen molar-refractivity contribution in [3.63, 3.8) is 0 Å². The Hall–Kier alpha value is -0.830. The number of hydrogen-bond donors (Lipinski definition) is 0. The van der Waals surface area contributed by atoms with Crippen LogP contribution in [0.25, 0.3) is 0 Å². The topological polar surface area (TPSA) is 43.4 Å². The minimum atomic E-state index is -0.177. The van der Waals surface area contributed by atoms with E-state index >= 15 is 0 Å². The highest BCUT2D eigenvalue weighted by Gasteiger charge is 2.05. The molecule has 0 saturated heterocycles. The van der Waals surface area contributed by atoms with Crippen LogP contribution in [-0.4, -0.2) is 17.4 Å². The van der Waals surface area contributed by atoms with Gasteiger partial charge in [0.2, 0.25) is 0 Å². The predicted molar refractivity (Wildman–Crippen MR) is 44.7 cm³/mol. The van der Waals surface area contributed by atoms with E-state index in [-0.39, 0.29) is 18.2 Å². The molecule has 0 aliphatic heterocycles. The summed E-state index contributed by atoms with van der Waals surface area (Å²) in [6.45, 7) is 5.26. The number of allylic oxidation sites excluding steroid dienone is 1. The number of nitrogens with zero attached hydrogens (tertiary/aromatic N) is 1. The Labute approximate surface area is 67.3 Å². The average Bonchev–Trinajstić information content (AvgIpc) is 1.87. The Kier molecular flexibility index (Phi) is 4.54. The third kappa shape index (κ3) is 4.56. The second-order valence-corrected chi connectivity index (χ2v) is 2.59. The molecule has 0 spiro atoms. The first kappa shape index (κ1) is 10.2. The van der Waals surface area contributed by atoms with Crippen LogP contribution in [0.3, 0.4) is 0 Å². The fourth-order valence-electron chi connectivity index (χ4n) is 0.626. The molecule has 0 aliphatic rings. The van der Waals surface area contributed by atoms with Crippen LogP contribution < -0.4 is 0 Å². The number of carbonyl (C=O) groups excluding carboxylic acids is 1. The molecule has 0 amide bonds. The molecule has 0 radical (unpaired) electrons. The Bertz CT molecular complexity index is 154. The predicted octanol–water partition coefficient (Wildman–Crippen LogP) is 1.54. The second-order valence-electron chi connectivity index (χ2n) is 2.59. The summed E-state index contributed by atoms with van der Waals surface area (Å²) in [6.07, 6.45) is 3.07. The van der Waals surface area contributed by atoms with Crippen molar-refractivity contribution in [3.8, 4) is 0 Å². The van der Waals surface area contributed by atoms with E-state index in [1.165, 1.54) is 13.1 Å². The lowest BCUT2D eigenvalue weighted by Gasteiger charge is -2.28. The van der Waals surface area contributed by atoms with E-state index in [9.17, 15) is 10.0 Å². The molecule has 0 aromatic heterocycles. The maximum absolute atomic E-state index is 10.8. The summed E-state index contributed by atoms with van der Waals surface area (Å²) in [5.74, 6) is -0.126. The zero-order valence-electron chi connectivity index (χ0n) is 7.20. The van der Waals surface area contributed by atoms with Gasteiger partial charge in [-0.05, 0) is 20.0 Å². The molecule has 0 bridgehead atoms. The van der Waals surface area contributed by atoms with Gasteiger partial charge in [0.1, 0.15) is 5.78 Å². The standard InChI is InChI=1S/C8H14NO2/c1-4-5-9(11)6-7(2)8(3)10/h4-5,7H,6H2,1-3H3/q-1/b5-4-. The first-order valence-corrected chi connectivity index (χ1v) is 3.65. The second kappa shape index (κ2) is 4.91. The van der Waals surface area contributed by atoms with Crippen LogP contribution in [-0.2, 0) is 4.79 Å². The van der Waals surface area contributed by atoms with Gasteiger partial charge in [-0.15, -0.1) is 0 Å². The van der Waals surface area contributed by atoms with Gasteiger partial charge >= 0.3 is 0 Å². The highest BCUT2D eigenvalue weighted by atomic mass is 16.5. The monoisotopic (exact) mass is 156 g/mol. The van der Waals surface area contributed by atoms with E-state index < -0.39 is 0 Å². The molecular formula is C8H14NO2-. The number of rotatable bonds is 4. The zero-order valence-corrected chi connectivity index (χ0v) is 7.20. The van der Waals surface area contributed by atoms with E-state index in [0.29, 0.717) is 0 Å². The largest absolute Gasteiger partial charge is 0.759 e. The van der Waals surface area contributed by atoms with E-state index in [1.54, 1.807) is 19.9 Å². The van der Waals surface area contributed by atoms with Crippen LogP contribution in [0, 0.1) is 11.1 Å². The van der Waals surface area contributed by atoms with Crippen molar-refractivity contribution in [2.75, 3.05) is 6.54 Å². The van der Waals surface area contributed by atoms with Gasteiger partial charge in [-0.2, -0.15) is 0 Å². The van der Waals surface area contributed by atoms with Gasteiger partial charge in [-0.1, -0.05) is 13.0 Å². The third-order valence-electron chi connectivity index (χ3n) is 1.46. The van der Waals surface area contributed by atoms with Gasteiger partial charge in [-0.3, -0.25) is 4.79 Å². The molecule has 0 rings (SSSR count). The van der Waals surface area contributed by atoms with Crippen molar-refractivity contribution in [1.82, 2.24) is 5.06 Å². The highest BCUT2D eigenvalue weighted by molar-refractivity contribution is 5.78. The molecule has 0 aromatic carbocycles. The van der Waals surface area contributed by atoms with Gasteiger partial charge in [0.25, 0.3) is 0 Å². The molecule has 11 heavy (non-hydrogen) atoms. The van der Waals surface area contributed by atoms with E-state index in [4.69, 9.17) is 0 Å². The third-order valence-corrected chi connectivity index (χ3v) is 1.46. The molecule has 64 valence electrons. The summed E-state index contributed by atoms with van der Waals surface area (Å²) in [5, 5.41) is 11.6. The number of hydrogen-bond acceptors (Lipinski definition) is 3. The van der Waals surface area contributed by atoms with Gasteiger partial charge in [0, 0.05) is 12.5 Å². The van der Waals surface area contributed by atoms with E-state index in [2.05, 4.69) is 0 Å². The molecule has 0 N–H and O–H groups in total. The van der Waals surface area contributed by atoms with Crippen molar-refractivity contribution in [2.24, 2.45) is 5.92 Å². The molecule has 3 heteroatoms. The van der Waals surface area contributed by atoms with Crippen molar-refractivity contribution in [1.29, 1.82) is 0 Å². The first-order chi connectivity index (χ1) is 5.07. The van der Waals surface area contributed by atoms with Crippen molar-refractivity contribution in [2.45, 2.75) is 20.8 Å². The fourth-order valence-corrected chi connectivity index (χ4v) is 0.626. The van der Waals surface area contributed by atoms with Gasteiger partial charge in [-0.25, -0.2) is 0 Å². The van der Waals surface area contributed by atoms with Crippen LogP contribution in [0.15, 0.2) is 12.3 Å². The van der Waals surface area contributed by atoms with Gasteiger partial charge in [0.15, 0.2) is 0 Å². The number of hydroxylamine groups is 2. The Morgan fingerprint density at radius 2 is 2.27 bits per heavy atom. The summed E-state index contributed by atoms with van der Waals surface area (Å²) < 4.78 is 0. The molecule has 1 unspecified atom stereocenters. The van der Waals surface area contributed by atoms with Crippen molar-refractivity contribution < 1.29 is 4.79 Å². The van der Waals surface area contributed by atoms with Crippen LogP contribution in [0.4, 0.5) is 0 Å². The van der Waals surface area contributed by atoms with Crippen LogP contribution in [0.2, 0.25) is 0 Å².